The van der Waals surface area contributed by atoms with Crippen LogP contribution in [0.25, 0.3) is 0 Å². The molecule has 0 aliphatic carbocycles. The quantitative estimate of drug-likeness (QED) is 0.702. The van der Waals surface area contributed by atoms with E-state index in [-0.39, 0.29) is 23.9 Å². The van der Waals surface area contributed by atoms with Gasteiger partial charge in [-0.25, -0.2) is 14.6 Å². The Bertz CT molecular complexity index is 872. The monoisotopic (exact) mass is 409 g/mol. The fourth-order valence-corrected chi connectivity index (χ4v) is 3.05. The van der Waals surface area contributed by atoms with Crippen molar-refractivity contribution in [2.24, 2.45) is 0 Å². The third kappa shape index (κ3) is 4.50. The van der Waals surface area contributed by atoms with Gasteiger partial charge in [0.05, 0.1) is 23.5 Å². The lowest BCUT2D eigenvalue weighted by Crippen LogP contribution is -2.37. The molecule has 7 nitrogen and oxygen atoms in total. The minimum absolute atomic E-state index is 0.161. The van der Waals surface area contributed by atoms with Gasteiger partial charge in [0.1, 0.15) is 12.3 Å². The largest absolute Gasteiger partial charge is 0.460 e. The van der Waals surface area contributed by atoms with E-state index in [0.29, 0.717) is 28.6 Å². The SMILES string of the molecule is CN(C)CCOC(=O)c1ccc(N2Cc3cc(Cl)cc(Cl)c3OC2=O)cn1. The van der Waals surface area contributed by atoms with Crippen LogP contribution in [0.1, 0.15) is 16.1 Å². The Morgan fingerprint density at radius 2 is 2.11 bits per heavy atom. The van der Waals surface area contributed by atoms with Gasteiger partial charge >= 0.3 is 12.1 Å². The minimum atomic E-state index is -0.588. The predicted molar refractivity (Wildman–Crippen MR) is 102 cm³/mol. The predicted octanol–water partition coefficient (Wildman–Crippen LogP) is 3.63. The van der Waals surface area contributed by atoms with Gasteiger partial charge in [-0.1, -0.05) is 23.2 Å². The summed E-state index contributed by atoms with van der Waals surface area (Å²) in [6, 6.07) is 6.31. The topological polar surface area (TPSA) is 72.0 Å². The van der Waals surface area contributed by atoms with Gasteiger partial charge in [0, 0.05) is 17.1 Å². The summed E-state index contributed by atoms with van der Waals surface area (Å²) < 4.78 is 10.5. The van der Waals surface area contributed by atoms with Crippen molar-refractivity contribution in [3.63, 3.8) is 0 Å². The van der Waals surface area contributed by atoms with Crippen LogP contribution in [0.5, 0.6) is 5.75 Å². The van der Waals surface area contributed by atoms with Crippen LogP contribution in [0.3, 0.4) is 0 Å². The number of carbonyl (C=O) groups excluding carboxylic acids is 2. The molecule has 0 unspecified atom stereocenters. The Labute approximate surface area is 166 Å². The highest BCUT2D eigenvalue weighted by atomic mass is 35.5. The summed E-state index contributed by atoms with van der Waals surface area (Å²) in [5.41, 5.74) is 1.32. The molecule has 1 aromatic carbocycles. The van der Waals surface area contributed by atoms with Gasteiger partial charge < -0.3 is 14.4 Å². The van der Waals surface area contributed by atoms with Crippen molar-refractivity contribution in [2.75, 3.05) is 32.1 Å². The number of carbonyl (C=O) groups is 2. The molecule has 2 heterocycles. The molecule has 0 spiro atoms. The summed E-state index contributed by atoms with van der Waals surface area (Å²) in [6.45, 7) is 1.11. The fraction of sp³-hybridized carbons (Fsp3) is 0.278. The summed E-state index contributed by atoms with van der Waals surface area (Å²) in [7, 11) is 3.77. The normalized spacial score (nSPS) is 13.4. The zero-order chi connectivity index (χ0) is 19.6. The molecule has 3 rings (SSSR count). The first-order valence-corrected chi connectivity index (χ1v) is 8.86. The van der Waals surface area contributed by atoms with Crippen LogP contribution in [0.15, 0.2) is 30.5 Å². The number of hydrogen-bond donors (Lipinski definition) is 0. The van der Waals surface area contributed by atoms with Crippen LogP contribution in [-0.4, -0.2) is 49.2 Å². The first-order valence-electron chi connectivity index (χ1n) is 8.10. The van der Waals surface area contributed by atoms with Crippen molar-refractivity contribution in [2.45, 2.75) is 6.54 Å². The van der Waals surface area contributed by atoms with Crippen LogP contribution < -0.4 is 9.64 Å². The number of amides is 1. The molecular weight excluding hydrogens is 393 g/mol. The second kappa shape index (κ2) is 8.12. The van der Waals surface area contributed by atoms with Crippen LogP contribution in [0.4, 0.5) is 10.5 Å². The molecule has 0 saturated carbocycles. The highest BCUT2D eigenvalue weighted by Crippen LogP contribution is 2.37. The summed E-state index contributed by atoms with van der Waals surface area (Å²) in [5, 5.41) is 0.727. The standard InChI is InChI=1S/C18H17Cl2N3O4/c1-22(2)5-6-26-17(24)15-4-3-13(9-21-15)23-10-11-7-12(19)8-14(20)16(11)27-18(23)25/h3-4,7-9H,5-6,10H2,1-2H3. The molecule has 0 N–H and O–H groups in total. The van der Waals surface area contributed by atoms with Crippen molar-refractivity contribution in [3.8, 4) is 5.75 Å². The molecular formula is C18H17Cl2N3O4. The van der Waals surface area contributed by atoms with E-state index in [1.807, 2.05) is 19.0 Å². The molecule has 0 bridgehead atoms. The van der Waals surface area contributed by atoms with Crippen LogP contribution in [-0.2, 0) is 11.3 Å². The molecule has 27 heavy (non-hydrogen) atoms. The van der Waals surface area contributed by atoms with Gasteiger partial charge in [0.2, 0.25) is 0 Å². The molecule has 142 valence electrons. The van der Waals surface area contributed by atoms with Crippen molar-refractivity contribution in [1.29, 1.82) is 0 Å². The summed E-state index contributed by atoms with van der Waals surface area (Å²) in [4.78, 5) is 31.7. The molecule has 0 atom stereocenters. The minimum Gasteiger partial charge on any atom is -0.460 e. The van der Waals surface area contributed by atoms with Gasteiger partial charge in [-0.2, -0.15) is 0 Å². The van der Waals surface area contributed by atoms with E-state index in [1.165, 1.54) is 23.2 Å². The van der Waals surface area contributed by atoms with Gasteiger partial charge in [0.25, 0.3) is 0 Å². The number of esters is 1. The smallest absolute Gasteiger partial charge is 0.420 e. The zero-order valence-corrected chi connectivity index (χ0v) is 16.3. The lowest BCUT2D eigenvalue weighted by molar-refractivity contribution is 0.0475. The van der Waals surface area contributed by atoms with Crippen molar-refractivity contribution < 1.29 is 19.1 Å². The Morgan fingerprint density at radius 3 is 2.78 bits per heavy atom. The van der Waals surface area contributed by atoms with Gasteiger partial charge in [-0.3, -0.25) is 4.90 Å². The lowest BCUT2D eigenvalue weighted by Gasteiger charge is -2.28. The summed E-state index contributed by atoms with van der Waals surface area (Å²) in [5.74, 6) is -0.218. The number of benzene rings is 1. The number of pyridine rings is 1. The van der Waals surface area contributed by atoms with Crippen molar-refractivity contribution >= 4 is 41.0 Å². The number of ether oxygens (including phenoxy) is 2. The molecule has 1 aromatic heterocycles. The first kappa shape index (κ1) is 19.4. The Morgan fingerprint density at radius 1 is 1.33 bits per heavy atom. The number of likely N-dealkylation sites (N-methyl/N-ethyl adjacent to an activating group) is 1. The fourth-order valence-electron chi connectivity index (χ4n) is 2.48. The molecule has 1 amide bonds. The average Bonchev–Trinajstić information content (AvgIpc) is 2.61. The van der Waals surface area contributed by atoms with Crippen molar-refractivity contribution in [1.82, 2.24) is 9.88 Å². The van der Waals surface area contributed by atoms with E-state index < -0.39 is 12.1 Å². The van der Waals surface area contributed by atoms with E-state index in [9.17, 15) is 9.59 Å². The Balaban J connectivity index is 1.73. The van der Waals surface area contributed by atoms with Crippen molar-refractivity contribution in [3.05, 3.63) is 51.8 Å². The molecule has 0 fully saturated rings. The highest BCUT2D eigenvalue weighted by Gasteiger charge is 2.28. The molecule has 2 aromatic rings. The maximum absolute atomic E-state index is 12.3. The van der Waals surface area contributed by atoms with Gasteiger partial charge in [0.15, 0.2) is 5.75 Å². The van der Waals surface area contributed by atoms with E-state index in [1.54, 1.807) is 12.1 Å². The van der Waals surface area contributed by atoms with Crippen LogP contribution >= 0.6 is 23.2 Å². The van der Waals surface area contributed by atoms with Gasteiger partial charge in [-0.15, -0.1) is 0 Å². The zero-order valence-electron chi connectivity index (χ0n) is 14.7. The number of fused-ring (bicyclic) bond motifs is 1. The second-order valence-corrected chi connectivity index (χ2v) is 7.01. The maximum Gasteiger partial charge on any atom is 0.420 e. The van der Waals surface area contributed by atoms with E-state index in [4.69, 9.17) is 32.7 Å². The number of anilines is 1. The number of rotatable bonds is 5. The first-order chi connectivity index (χ1) is 12.8. The van der Waals surface area contributed by atoms with E-state index in [0.717, 1.165) is 0 Å². The lowest BCUT2D eigenvalue weighted by atomic mass is 10.1. The summed E-state index contributed by atoms with van der Waals surface area (Å²) in [6.07, 6.45) is 0.829. The Kier molecular flexibility index (Phi) is 5.84. The average molecular weight is 410 g/mol. The third-order valence-electron chi connectivity index (χ3n) is 3.86. The number of hydrogen-bond acceptors (Lipinski definition) is 6. The molecule has 0 radical (unpaired) electrons. The Hall–Kier alpha value is -2.35. The van der Waals surface area contributed by atoms with E-state index >= 15 is 0 Å². The highest BCUT2D eigenvalue weighted by molar-refractivity contribution is 6.35. The second-order valence-electron chi connectivity index (χ2n) is 6.17. The molecule has 1 aliphatic heterocycles. The third-order valence-corrected chi connectivity index (χ3v) is 4.36. The maximum atomic E-state index is 12.3. The molecule has 9 heteroatoms. The molecule has 0 saturated heterocycles. The van der Waals surface area contributed by atoms with Crippen LogP contribution in [0, 0.1) is 0 Å². The van der Waals surface area contributed by atoms with E-state index in [2.05, 4.69) is 4.98 Å². The number of halogens is 2. The summed E-state index contributed by atoms with van der Waals surface area (Å²) >= 11 is 12.1. The van der Waals surface area contributed by atoms with Gasteiger partial charge in [-0.05, 0) is 38.4 Å². The number of aromatic nitrogens is 1. The number of nitrogens with zero attached hydrogens (tertiary/aromatic N) is 3. The van der Waals surface area contributed by atoms with Crippen LogP contribution in [0.2, 0.25) is 10.0 Å². The molecule has 1 aliphatic rings.